The number of amides is 1. The maximum absolute atomic E-state index is 12.5. The van der Waals surface area contributed by atoms with Crippen molar-refractivity contribution in [2.75, 3.05) is 0 Å². The molecule has 9 heteroatoms. The average Bonchev–Trinajstić information content (AvgIpc) is 2.74. The van der Waals surface area contributed by atoms with Gasteiger partial charge in [-0.15, -0.1) is 11.8 Å². The van der Waals surface area contributed by atoms with E-state index in [0.717, 1.165) is 5.56 Å². The molecule has 0 unspecified atom stereocenters. The van der Waals surface area contributed by atoms with Crippen molar-refractivity contribution >= 4 is 33.7 Å². The molecule has 0 saturated carbocycles. The molecule has 2 aliphatic heterocycles. The predicted octanol–water partition coefficient (Wildman–Crippen LogP) is 0.789. The van der Waals surface area contributed by atoms with Crippen LogP contribution in [0.15, 0.2) is 29.2 Å². The molecule has 1 amide bonds. The molecule has 2 saturated heterocycles. The Hall–Kier alpha value is -1.58. The van der Waals surface area contributed by atoms with Gasteiger partial charge in [0.05, 0.1) is 4.90 Å². The van der Waals surface area contributed by atoms with Gasteiger partial charge >= 0.3 is 5.97 Å². The number of aryl methyl sites for hydroxylation is 1. The van der Waals surface area contributed by atoms with E-state index in [0.29, 0.717) is 0 Å². The van der Waals surface area contributed by atoms with E-state index in [9.17, 15) is 23.1 Å². The summed E-state index contributed by atoms with van der Waals surface area (Å²) < 4.78 is 26.6. The predicted molar refractivity (Wildman–Crippen MR) is 89.0 cm³/mol. The second kappa shape index (κ2) is 5.47. The maximum Gasteiger partial charge on any atom is 0.327 e. The van der Waals surface area contributed by atoms with Gasteiger partial charge in [-0.3, -0.25) is 4.79 Å². The fourth-order valence-corrected chi connectivity index (χ4v) is 5.98. The minimum absolute atomic E-state index is 0.0800. The molecule has 130 valence electrons. The monoisotopic (exact) mass is 370 g/mol. The Kier molecular flexibility index (Phi) is 3.93. The normalized spacial score (nSPS) is 28.4. The Morgan fingerprint density at radius 1 is 1.29 bits per heavy atom. The molecule has 24 heavy (non-hydrogen) atoms. The molecule has 1 aromatic rings. The van der Waals surface area contributed by atoms with Crippen LogP contribution in [0, 0.1) is 6.92 Å². The number of fused-ring (bicyclic) bond motifs is 1. The molecule has 0 bridgehead atoms. The quantitative estimate of drug-likeness (QED) is 0.760. The van der Waals surface area contributed by atoms with Gasteiger partial charge in [0.25, 0.3) is 0 Å². The first-order valence-corrected chi connectivity index (χ1v) is 9.73. The van der Waals surface area contributed by atoms with Crippen LogP contribution in [0.4, 0.5) is 0 Å². The van der Waals surface area contributed by atoms with Crippen LogP contribution >= 0.6 is 11.8 Å². The van der Waals surface area contributed by atoms with Gasteiger partial charge in [0.15, 0.2) is 0 Å². The number of carbonyl (C=O) groups excluding carboxylic acids is 1. The number of nitrogens with one attached hydrogen (secondary N) is 1. The van der Waals surface area contributed by atoms with Crippen molar-refractivity contribution in [3.63, 3.8) is 0 Å². The van der Waals surface area contributed by atoms with Gasteiger partial charge in [-0.05, 0) is 32.9 Å². The summed E-state index contributed by atoms with van der Waals surface area (Å²) in [5.74, 6) is -1.58. The zero-order chi connectivity index (χ0) is 17.9. The van der Waals surface area contributed by atoms with Crippen molar-refractivity contribution in [1.29, 1.82) is 0 Å². The van der Waals surface area contributed by atoms with Crippen LogP contribution in [-0.4, -0.2) is 52.5 Å². The fourth-order valence-electron chi connectivity index (χ4n) is 3.07. The SMILES string of the molecule is Cc1ccc(S(=O)(=O)N[C@@H]2C(=O)N3[C@@H]2SC(C)(C)[C@@H]3C(=O)O)cc1. The second-order valence-corrected chi connectivity index (χ2v) is 10.00. The van der Waals surface area contributed by atoms with Crippen LogP contribution in [0.2, 0.25) is 0 Å². The first-order chi connectivity index (χ1) is 11.0. The highest BCUT2D eigenvalue weighted by Gasteiger charge is 2.64. The van der Waals surface area contributed by atoms with E-state index in [4.69, 9.17) is 0 Å². The van der Waals surface area contributed by atoms with Gasteiger partial charge in [-0.2, -0.15) is 4.72 Å². The first kappa shape index (κ1) is 17.2. The third-order valence-electron chi connectivity index (χ3n) is 4.29. The summed E-state index contributed by atoms with van der Waals surface area (Å²) >= 11 is 1.30. The summed E-state index contributed by atoms with van der Waals surface area (Å²) in [6, 6.07) is 4.41. The average molecular weight is 370 g/mol. The number of β-lactam (4-membered cyclic amide) rings is 1. The Bertz CT molecular complexity index is 804. The lowest BCUT2D eigenvalue weighted by Gasteiger charge is -2.43. The van der Waals surface area contributed by atoms with Crippen molar-refractivity contribution < 1.29 is 23.1 Å². The van der Waals surface area contributed by atoms with Gasteiger partial charge in [0.2, 0.25) is 15.9 Å². The second-order valence-electron chi connectivity index (χ2n) is 6.51. The van der Waals surface area contributed by atoms with Crippen LogP contribution < -0.4 is 4.72 Å². The van der Waals surface area contributed by atoms with Crippen LogP contribution in [0.25, 0.3) is 0 Å². The van der Waals surface area contributed by atoms with Gasteiger partial charge in [0.1, 0.15) is 17.5 Å². The van der Waals surface area contributed by atoms with E-state index in [1.165, 1.54) is 28.8 Å². The molecular formula is C15H18N2O5S2. The van der Waals surface area contributed by atoms with E-state index in [-0.39, 0.29) is 4.90 Å². The Morgan fingerprint density at radius 2 is 1.88 bits per heavy atom. The Labute approximate surface area is 144 Å². The van der Waals surface area contributed by atoms with Crippen molar-refractivity contribution in [2.24, 2.45) is 0 Å². The third-order valence-corrected chi connectivity index (χ3v) is 7.32. The number of hydrogen-bond donors (Lipinski definition) is 2. The number of aliphatic carboxylic acids is 1. The van der Waals surface area contributed by atoms with Gasteiger partial charge < -0.3 is 10.0 Å². The van der Waals surface area contributed by atoms with Gasteiger partial charge in [-0.25, -0.2) is 13.2 Å². The number of carboxylic acid groups (broad SMARTS) is 1. The topological polar surface area (TPSA) is 104 Å². The summed E-state index contributed by atoms with van der Waals surface area (Å²) in [4.78, 5) is 25.1. The number of benzene rings is 1. The maximum atomic E-state index is 12.5. The van der Waals surface area contributed by atoms with Gasteiger partial charge in [0, 0.05) is 4.75 Å². The summed E-state index contributed by atoms with van der Waals surface area (Å²) in [7, 11) is -3.84. The van der Waals surface area contributed by atoms with Crippen molar-refractivity contribution in [3.05, 3.63) is 29.8 Å². The van der Waals surface area contributed by atoms with Gasteiger partial charge in [-0.1, -0.05) is 17.7 Å². The number of hydrogen-bond acceptors (Lipinski definition) is 5. The molecule has 0 aliphatic carbocycles. The van der Waals surface area contributed by atoms with Crippen molar-refractivity contribution in [2.45, 2.75) is 47.9 Å². The zero-order valence-electron chi connectivity index (χ0n) is 13.4. The highest BCUT2D eigenvalue weighted by Crippen LogP contribution is 2.50. The third kappa shape index (κ3) is 2.60. The lowest BCUT2D eigenvalue weighted by atomic mass is 9.96. The zero-order valence-corrected chi connectivity index (χ0v) is 15.0. The number of sulfonamides is 1. The van der Waals surface area contributed by atoms with E-state index in [2.05, 4.69) is 4.72 Å². The van der Waals surface area contributed by atoms with E-state index in [1.54, 1.807) is 26.0 Å². The summed E-state index contributed by atoms with van der Waals surface area (Å²) in [6.07, 6.45) is 0. The molecule has 3 rings (SSSR count). The Morgan fingerprint density at radius 3 is 2.42 bits per heavy atom. The summed E-state index contributed by atoms with van der Waals surface area (Å²) in [5, 5.41) is 8.86. The number of nitrogens with zero attached hydrogens (tertiary/aromatic N) is 1. The fraction of sp³-hybridized carbons (Fsp3) is 0.467. The minimum Gasteiger partial charge on any atom is -0.480 e. The number of carbonyl (C=O) groups is 2. The first-order valence-electron chi connectivity index (χ1n) is 7.36. The minimum atomic E-state index is -3.84. The molecule has 2 heterocycles. The highest BCUT2D eigenvalue weighted by molar-refractivity contribution is 8.01. The number of thioether (sulfide) groups is 1. The molecule has 0 spiro atoms. The lowest BCUT2D eigenvalue weighted by molar-refractivity contribution is -0.159. The van der Waals surface area contributed by atoms with Crippen LogP contribution in [0.3, 0.4) is 0 Å². The molecule has 7 nitrogen and oxygen atoms in total. The molecule has 2 aliphatic rings. The van der Waals surface area contributed by atoms with Crippen LogP contribution in [-0.2, 0) is 19.6 Å². The highest BCUT2D eigenvalue weighted by atomic mass is 32.2. The molecule has 0 radical (unpaired) electrons. The molecule has 2 fully saturated rings. The molecule has 3 atom stereocenters. The molecule has 0 aromatic heterocycles. The van der Waals surface area contributed by atoms with Crippen molar-refractivity contribution in [3.8, 4) is 0 Å². The van der Waals surface area contributed by atoms with Crippen LogP contribution in [0.5, 0.6) is 0 Å². The van der Waals surface area contributed by atoms with E-state index >= 15 is 0 Å². The van der Waals surface area contributed by atoms with E-state index in [1.807, 2.05) is 6.92 Å². The summed E-state index contributed by atoms with van der Waals surface area (Å²) in [5.41, 5.74) is 0.928. The Balaban J connectivity index is 1.82. The number of carboxylic acids is 1. The van der Waals surface area contributed by atoms with Crippen LogP contribution in [0.1, 0.15) is 19.4 Å². The largest absolute Gasteiger partial charge is 0.480 e. The lowest BCUT2D eigenvalue weighted by Crippen LogP contribution is -2.70. The molecule has 1 aromatic carbocycles. The number of rotatable bonds is 4. The molecular weight excluding hydrogens is 352 g/mol. The van der Waals surface area contributed by atoms with Crippen molar-refractivity contribution in [1.82, 2.24) is 9.62 Å². The standard InChI is InChI=1S/C15H18N2O5S2/c1-8-4-6-9(7-5-8)24(21,22)16-10-12(18)17-11(14(19)20)15(2,3)23-13(10)17/h4-7,10-11,13,16H,1-3H3,(H,19,20)/t10-,11+,13-/m1/s1. The smallest absolute Gasteiger partial charge is 0.327 e. The molecule has 2 N–H and O–H groups in total. The summed E-state index contributed by atoms with van der Waals surface area (Å²) in [6.45, 7) is 5.33. The van der Waals surface area contributed by atoms with E-state index < -0.39 is 44.1 Å².